The Morgan fingerprint density at radius 2 is 2.05 bits per heavy atom. The van der Waals surface area contributed by atoms with Crippen LogP contribution < -0.4 is 5.32 Å². The van der Waals surface area contributed by atoms with Gasteiger partial charge in [-0.2, -0.15) is 0 Å². The third-order valence-electron chi connectivity index (χ3n) is 5.13. The molecule has 1 heterocycles. The van der Waals surface area contributed by atoms with Crippen LogP contribution in [0.1, 0.15) is 32.1 Å². The quantitative estimate of drug-likeness (QED) is 0.762. The summed E-state index contributed by atoms with van der Waals surface area (Å²) in [6, 6.07) is 0. The maximum atomic E-state index is 12.1. The van der Waals surface area contributed by atoms with E-state index in [1.807, 2.05) is 0 Å². The molecule has 0 unspecified atom stereocenters. The van der Waals surface area contributed by atoms with Crippen LogP contribution in [0, 0.1) is 17.8 Å². The number of hydrogen-bond acceptors (Lipinski definition) is 3. The first-order valence-corrected chi connectivity index (χ1v) is 7.91. The highest BCUT2D eigenvalue weighted by molar-refractivity contribution is 5.79. The third-order valence-corrected chi connectivity index (χ3v) is 5.13. The lowest BCUT2D eigenvalue weighted by Gasteiger charge is -2.26. The molecular formula is C15H26N2O2. The van der Waals surface area contributed by atoms with Gasteiger partial charge in [0.2, 0.25) is 5.91 Å². The maximum Gasteiger partial charge on any atom is 0.223 e. The first kappa shape index (κ1) is 13.4. The lowest BCUT2D eigenvalue weighted by Crippen LogP contribution is -2.39. The molecule has 3 atom stereocenters. The molecular weight excluding hydrogens is 240 g/mol. The molecule has 2 bridgehead atoms. The van der Waals surface area contributed by atoms with Crippen LogP contribution in [0.3, 0.4) is 0 Å². The maximum absolute atomic E-state index is 12.1. The van der Waals surface area contributed by atoms with E-state index in [4.69, 9.17) is 4.74 Å². The van der Waals surface area contributed by atoms with Crippen molar-refractivity contribution in [3.8, 4) is 0 Å². The Morgan fingerprint density at radius 3 is 2.74 bits per heavy atom. The molecule has 3 rings (SSSR count). The summed E-state index contributed by atoms with van der Waals surface area (Å²) in [6.45, 7) is 5.72. The van der Waals surface area contributed by atoms with Crippen molar-refractivity contribution in [2.45, 2.75) is 32.1 Å². The molecule has 19 heavy (non-hydrogen) atoms. The number of nitrogens with zero attached hydrogens (tertiary/aromatic N) is 1. The van der Waals surface area contributed by atoms with Crippen LogP contribution in [0.2, 0.25) is 0 Å². The molecule has 0 aromatic heterocycles. The summed E-state index contributed by atoms with van der Waals surface area (Å²) in [7, 11) is 0. The normalized spacial score (nSPS) is 34.6. The second kappa shape index (κ2) is 6.23. The minimum absolute atomic E-state index is 0.328. The minimum Gasteiger partial charge on any atom is -0.379 e. The molecule has 1 aliphatic heterocycles. The Labute approximate surface area is 115 Å². The zero-order valence-electron chi connectivity index (χ0n) is 11.8. The van der Waals surface area contributed by atoms with Gasteiger partial charge in [0.1, 0.15) is 0 Å². The Hall–Kier alpha value is -0.610. The molecule has 3 fully saturated rings. The average molecular weight is 266 g/mol. The van der Waals surface area contributed by atoms with Gasteiger partial charge < -0.3 is 10.1 Å². The summed E-state index contributed by atoms with van der Waals surface area (Å²) < 4.78 is 5.33. The van der Waals surface area contributed by atoms with E-state index in [1.54, 1.807) is 0 Å². The molecule has 3 aliphatic rings. The number of amides is 1. The molecule has 4 heteroatoms. The van der Waals surface area contributed by atoms with Crippen LogP contribution in [-0.2, 0) is 9.53 Å². The molecule has 1 saturated heterocycles. The first-order valence-electron chi connectivity index (χ1n) is 7.91. The van der Waals surface area contributed by atoms with Crippen molar-refractivity contribution in [1.82, 2.24) is 10.2 Å². The molecule has 0 radical (unpaired) electrons. The number of carbonyl (C=O) groups excluding carboxylic acids is 1. The Morgan fingerprint density at radius 1 is 1.21 bits per heavy atom. The molecule has 108 valence electrons. The summed E-state index contributed by atoms with van der Waals surface area (Å²) in [5.74, 6) is 2.22. The molecule has 2 saturated carbocycles. The van der Waals surface area contributed by atoms with Crippen LogP contribution in [0.15, 0.2) is 0 Å². The fourth-order valence-electron chi connectivity index (χ4n) is 4.04. The zero-order chi connectivity index (χ0) is 13.1. The van der Waals surface area contributed by atoms with E-state index in [-0.39, 0.29) is 0 Å². The van der Waals surface area contributed by atoms with Crippen LogP contribution in [0.25, 0.3) is 0 Å². The number of rotatable bonds is 5. The topological polar surface area (TPSA) is 41.6 Å². The van der Waals surface area contributed by atoms with Gasteiger partial charge >= 0.3 is 0 Å². The monoisotopic (exact) mass is 266 g/mol. The van der Waals surface area contributed by atoms with E-state index >= 15 is 0 Å². The largest absolute Gasteiger partial charge is 0.379 e. The summed E-state index contributed by atoms with van der Waals surface area (Å²) in [6.07, 6.45) is 6.18. The van der Waals surface area contributed by atoms with Crippen molar-refractivity contribution in [3.05, 3.63) is 0 Å². The van der Waals surface area contributed by atoms with E-state index in [0.717, 1.165) is 58.2 Å². The van der Waals surface area contributed by atoms with Gasteiger partial charge in [0.25, 0.3) is 0 Å². The SMILES string of the molecule is O=C(NCCCN1CCOCC1)[C@H]1C[C@@H]2CC[C@H]1C2. The number of nitrogens with one attached hydrogen (secondary N) is 1. The number of fused-ring (bicyclic) bond motifs is 2. The van der Waals surface area contributed by atoms with E-state index in [1.165, 1.54) is 19.3 Å². The smallest absolute Gasteiger partial charge is 0.223 e. The fourth-order valence-corrected chi connectivity index (χ4v) is 4.04. The average Bonchev–Trinajstić information content (AvgIpc) is 3.07. The van der Waals surface area contributed by atoms with Gasteiger partial charge in [0.15, 0.2) is 0 Å². The Balaban J connectivity index is 1.30. The number of carbonyl (C=O) groups is 1. The molecule has 2 aliphatic carbocycles. The van der Waals surface area contributed by atoms with Gasteiger partial charge in [0, 0.05) is 25.6 Å². The van der Waals surface area contributed by atoms with E-state index in [2.05, 4.69) is 10.2 Å². The van der Waals surface area contributed by atoms with E-state index in [9.17, 15) is 4.79 Å². The van der Waals surface area contributed by atoms with Gasteiger partial charge in [-0.3, -0.25) is 9.69 Å². The Bertz CT molecular complexity index is 315. The highest BCUT2D eigenvalue weighted by Crippen LogP contribution is 2.48. The summed E-state index contributed by atoms with van der Waals surface area (Å²) in [4.78, 5) is 14.6. The first-order chi connectivity index (χ1) is 9.33. The van der Waals surface area contributed by atoms with Crippen LogP contribution >= 0.6 is 0 Å². The molecule has 0 aromatic carbocycles. The van der Waals surface area contributed by atoms with Gasteiger partial charge in [-0.05, 0) is 44.1 Å². The second-order valence-electron chi connectivity index (χ2n) is 6.38. The van der Waals surface area contributed by atoms with Crippen molar-refractivity contribution in [2.75, 3.05) is 39.4 Å². The zero-order valence-corrected chi connectivity index (χ0v) is 11.8. The highest BCUT2D eigenvalue weighted by atomic mass is 16.5. The summed E-state index contributed by atoms with van der Waals surface area (Å²) in [5.41, 5.74) is 0. The predicted octanol–water partition coefficient (Wildman–Crippen LogP) is 1.26. The van der Waals surface area contributed by atoms with Crippen LogP contribution in [0.5, 0.6) is 0 Å². The third kappa shape index (κ3) is 3.29. The predicted molar refractivity (Wildman–Crippen MR) is 73.8 cm³/mol. The summed E-state index contributed by atoms with van der Waals surface area (Å²) in [5, 5.41) is 3.15. The van der Waals surface area contributed by atoms with Crippen molar-refractivity contribution in [3.63, 3.8) is 0 Å². The van der Waals surface area contributed by atoms with Crippen LogP contribution in [0.4, 0.5) is 0 Å². The fraction of sp³-hybridized carbons (Fsp3) is 0.933. The standard InChI is InChI=1S/C15H26N2O2/c18-15(14-11-12-2-3-13(14)10-12)16-4-1-5-17-6-8-19-9-7-17/h12-14H,1-11H2,(H,16,18)/t12-,13+,14+/m1/s1. The number of morpholine rings is 1. The molecule has 1 amide bonds. The second-order valence-corrected chi connectivity index (χ2v) is 6.38. The molecule has 0 aromatic rings. The van der Waals surface area contributed by atoms with Gasteiger partial charge in [-0.25, -0.2) is 0 Å². The summed E-state index contributed by atoms with van der Waals surface area (Å²) >= 11 is 0. The van der Waals surface area contributed by atoms with E-state index in [0.29, 0.717) is 17.7 Å². The van der Waals surface area contributed by atoms with Gasteiger partial charge in [0.05, 0.1) is 13.2 Å². The highest BCUT2D eigenvalue weighted by Gasteiger charge is 2.42. The Kier molecular flexibility index (Phi) is 4.38. The number of ether oxygens (including phenoxy) is 1. The van der Waals surface area contributed by atoms with Crippen molar-refractivity contribution in [1.29, 1.82) is 0 Å². The lowest BCUT2D eigenvalue weighted by molar-refractivity contribution is -0.126. The van der Waals surface area contributed by atoms with Crippen molar-refractivity contribution in [2.24, 2.45) is 17.8 Å². The molecule has 4 nitrogen and oxygen atoms in total. The van der Waals surface area contributed by atoms with Gasteiger partial charge in [-0.15, -0.1) is 0 Å². The molecule has 0 spiro atoms. The lowest BCUT2D eigenvalue weighted by atomic mass is 9.88. The molecule has 1 N–H and O–H groups in total. The van der Waals surface area contributed by atoms with Gasteiger partial charge in [-0.1, -0.05) is 6.42 Å². The minimum atomic E-state index is 0.328. The van der Waals surface area contributed by atoms with Crippen molar-refractivity contribution >= 4 is 5.91 Å². The number of hydrogen-bond donors (Lipinski definition) is 1. The van der Waals surface area contributed by atoms with Crippen LogP contribution in [-0.4, -0.2) is 50.2 Å². The van der Waals surface area contributed by atoms with E-state index < -0.39 is 0 Å². The van der Waals surface area contributed by atoms with Crippen molar-refractivity contribution < 1.29 is 9.53 Å².